The predicted molar refractivity (Wildman–Crippen MR) is 50.9 cm³/mol. The largest absolute Gasteiger partial charge is 0.481 e. The van der Waals surface area contributed by atoms with E-state index in [1.807, 2.05) is 4.90 Å². The lowest BCUT2D eigenvalue weighted by Gasteiger charge is -2.13. The molecule has 1 unspecified atom stereocenters. The average molecular weight is 200 g/mol. The molecule has 1 heterocycles. The van der Waals surface area contributed by atoms with E-state index < -0.39 is 5.97 Å². The Morgan fingerprint density at radius 2 is 2.29 bits per heavy atom. The molecule has 0 radical (unpaired) electrons. The fourth-order valence-corrected chi connectivity index (χ4v) is 1.62. The number of carboxylic acids is 1. The van der Waals surface area contributed by atoms with Gasteiger partial charge in [-0.25, -0.2) is 0 Å². The minimum Gasteiger partial charge on any atom is -0.481 e. The van der Waals surface area contributed by atoms with Gasteiger partial charge < -0.3 is 15.3 Å². The van der Waals surface area contributed by atoms with E-state index in [1.54, 1.807) is 7.05 Å². The zero-order chi connectivity index (χ0) is 10.6. The molecule has 5 heteroatoms. The van der Waals surface area contributed by atoms with Crippen LogP contribution in [0.15, 0.2) is 0 Å². The van der Waals surface area contributed by atoms with E-state index in [-0.39, 0.29) is 11.8 Å². The summed E-state index contributed by atoms with van der Waals surface area (Å²) in [6.45, 7) is 2.02. The zero-order valence-corrected chi connectivity index (χ0v) is 8.32. The van der Waals surface area contributed by atoms with Gasteiger partial charge in [0.2, 0.25) is 5.91 Å². The van der Waals surface area contributed by atoms with Crippen LogP contribution < -0.4 is 5.32 Å². The van der Waals surface area contributed by atoms with Crippen molar-refractivity contribution in [2.75, 3.05) is 26.7 Å². The number of hydrogen-bond donors (Lipinski definition) is 2. The van der Waals surface area contributed by atoms with Gasteiger partial charge in [-0.3, -0.25) is 9.59 Å². The standard InChI is InChI=1S/C9H16N2O3/c1-10-8(12)3-5-11-4-2-7(6-11)9(13)14/h7H,2-6H2,1H3,(H,10,12)(H,13,14). The second-order valence-electron chi connectivity index (χ2n) is 3.55. The SMILES string of the molecule is CNC(=O)CCN1CCC(C(=O)O)C1. The maximum absolute atomic E-state index is 10.9. The molecule has 5 nitrogen and oxygen atoms in total. The smallest absolute Gasteiger partial charge is 0.307 e. The summed E-state index contributed by atoms with van der Waals surface area (Å²) in [7, 11) is 1.60. The quantitative estimate of drug-likeness (QED) is 0.643. The number of nitrogens with one attached hydrogen (secondary N) is 1. The Morgan fingerprint density at radius 3 is 2.79 bits per heavy atom. The molecule has 80 valence electrons. The van der Waals surface area contributed by atoms with E-state index in [2.05, 4.69) is 5.32 Å². The Labute approximate surface area is 83.1 Å². The third-order valence-electron chi connectivity index (χ3n) is 2.56. The van der Waals surface area contributed by atoms with Gasteiger partial charge in [-0.05, 0) is 13.0 Å². The van der Waals surface area contributed by atoms with Crippen LogP contribution in [0, 0.1) is 5.92 Å². The predicted octanol–water partition coefficient (Wildman–Crippen LogP) is -0.471. The van der Waals surface area contributed by atoms with Crippen LogP contribution in [-0.2, 0) is 9.59 Å². The molecule has 1 rings (SSSR count). The molecule has 0 aromatic rings. The minimum absolute atomic E-state index is 0.00350. The highest BCUT2D eigenvalue weighted by Gasteiger charge is 2.27. The molecule has 1 saturated heterocycles. The van der Waals surface area contributed by atoms with Gasteiger partial charge in [0, 0.05) is 26.6 Å². The number of carboxylic acid groups (broad SMARTS) is 1. The molecule has 0 spiro atoms. The lowest BCUT2D eigenvalue weighted by Crippen LogP contribution is -2.28. The summed E-state index contributed by atoms with van der Waals surface area (Å²) in [4.78, 5) is 23.6. The number of nitrogens with zero attached hydrogens (tertiary/aromatic N) is 1. The van der Waals surface area contributed by atoms with Crippen LogP contribution >= 0.6 is 0 Å². The summed E-state index contributed by atoms with van der Waals surface area (Å²) in [5.74, 6) is -0.976. The highest BCUT2D eigenvalue weighted by Crippen LogP contribution is 2.15. The number of aliphatic carboxylic acids is 1. The van der Waals surface area contributed by atoms with E-state index >= 15 is 0 Å². The summed E-state index contributed by atoms with van der Waals surface area (Å²) >= 11 is 0. The Kier molecular flexibility index (Phi) is 3.88. The normalized spacial score (nSPS) is 22.2. The fraction of sp³-hybridized carbons (Fsp3) is 0.778. The number of amides is 1. The van der Waals surface area contributed by atoms with E-state index in [0.717, 1.165) is 6.54 Å². The monoisotopic (exact) mass is 200 g/mol. The molecule has 0 saturated carbocycles. The third-order valence-corrected chi connectivity index (χ3v) is 2.56. The summed E-state index contributed by atoms with van der Waals surface area (Å²) < 4.78 is 0. The number of carbonyl (C=O) groups excluding carboxylic acids is 1. The van der Waals surface area contributed by atoms with Gasteiger partial charge in [-0.1, -0.05) is 0 Å². The minimum atomic E-state index is -0.729. The Bertz CT molecular complexity index is 230. The van der Waals surface area contributed by atoms with Gasteiger partial charge in [0.25, 0.3) is 0 Å². The van der Waals surface area contributed by atoms with Crippen molar-refractivity contribution in [3.63, 3.8) is 0 Å². The molecule has 1 aliphatic rings. The summed E-state index contributed by atoms with van der Waals surface area (Å²) in [5.41, 5.74) is 0. The molecule has 0 aromatic carbocycles. The number of rotatable bonds is 4. The second-order valence-corrected chi connectivity index (χ2v) is 3.55. The van der Waals surface area contributed by atoms with Crippen LogP contribution in [-0.4, -0.2) is 48.6 Å². The van der Waals surface area contributed by atoms with Crippen molar-refractivity contribution >= 4 is 11.9 Å². The maximum Gasteiger partial charge on any atom is 0.307 e. The molecular weight excluding hydrogens is 184 g/mol. The van der Waals surface area contributed by atoms with Gasteiger partial charge in [-0.15, -0.1) is 0 Å². The van der Waals surface area contributed by atoms with E-state index in [4.69, 9.17) is 5.11 Å². The molecule has 1 fully saturated rings. The van der Waals surface area contributed by atoms with Gasteiger partial charge in [0.05, 0.1) is 5.92 Å². The van der Waals surface area contributed by atoms with Crippen LogP contribution in [0.5, 0.6) is 0 Å². The van der Waals surface area contributed by atoms with Gasteiger partial charge in [0.15, 0.2) is 0 Å². The zero-order valence-electron chi connectivity index (χ0n) is 8.32. The molecule has 1 aliphatic heterocycles. The first-order valence-corrected chi connectivity index (χ1v) is 4.79. The lowest BCUT2D eigenvalue weighted by atomic mass is 10.1. The fourth-order valence-electron chi connectivity index (χ4n) is 1.62. The molecule has 1 amide bonds. The summed E-state index contributed by atoms with van der Waals surface area (Å²) in [6, 6.07) is 0. The molecular formula is C9H16N2O3. The molecule has 0 aromatic heterocycles. The summed E-state index contributed by atoms with van der Waals surface area (Å²) in [6.07, 6.45) is 1.14. The Hall–Kier alpha value is -1.10. The second kappa shape index (κ2) is 4.95. The van der Waals surface area contributed by atoms with Gasteiger partial charge in [0.1, 0.15) is 0 Å². The van der Waals surface area contributed by atoms with Crippen molar-refractivity contribution in [2.24, 2.45) is 5.92 Å². The van der Waals surface area contributed by atoms with Crippen LogP contribution in [0.1, 0.15) is 12.8 Å². The van der Waals surface area contributed by atoms with Gasteiger partial charge >= 0.3 is 5.97 Å². The topological polar surface area (TPSA) is 69.6 Å². The maximum atomic E-state index is 10.9. The van der Waals surface area contributed by atoms with Crippen molar-refractivity contribution in [1.29, 1.82) is 0 Å². The third kappa shape index (κ3) is 2.99. The highest BCUT2D eigenvalue weighted by molar-refractivity contribution is 5.75. The number of likely N-dealkylation sites (tertiary alicyclic amines) is 1. The number of carbonyl (C=O) groups is 2. The first kappa shape index (κ1) is 11.0. The van der Waals surface area contributed by atoms with E-state index in [1.165, 1.54) is 0 Å². The van der Waals surface area contributed by atoms with Crippen molar-refractivity contribution in [1.82, 2.24) is 10.2 Å². The molecule has 1 atom stereocenters. The Balaban J connectivity index is 2.22. The van der Waals surface area contributed by atoms with Crippen molar-refractivity contribution in [2.45, 2.75) is 12.8 Å². The molecule has 14 heavy (non-hydrogen) atoms. The van der Waals surface area contributed by atoms with Crippen LogP contribution in [0.25, 0.3) is 0 Å². The molecule has 0 aliphatic carbocycles. The van der Waals surface area contributed by atoms with Gasteiger partial charge in [-0.2, -0.15) is 0 Å². The molecule has 0 bridgehead atoms. The van der Waals surface area contributed by atoms with Crippen molar-refractivity contribution in [3.05, 3.63) is 0 Å². The van der Waals surface area contributed by atoms with Crippen molar-refractivity contribution < 1.29 is 14.7 Å². The lowest BCUT2D eigenvalue weighted by molar-refractivity contribution is -0.141. The number of hydrogen-bond acceptors (Lipinski definition) is 3. The summed E-state index contributed by atoms with van der Waals surface area (Å²) in [5, 5.41) is 11.3. The highest BCUT2D eigenvalue weighted by atomic mass is 16.4. The van der Waals surface area contributed by atoms with E-state index in [9.17, 15) is 9.59 Å². The van der Waals surface area contributed by atoms with Crippen LogP contribution in [0.3, 0.4) is 0 Å². The average Bonchev–Trinajstić information content (AvgIpc) is 2.62. The van der Waals surface area contributed by atoms with Crippen molar-refractivity contribution in [3.8, 4) is 0 Å². The first-order chi connectivity index (χ1) is 6.63. The van der Waals surface area contributed by atoms with E-state index in [0.29, 0.717) is 25.9 Å². The van der Waals surface area contributed by atoms with Crippen LogP contribution in [0.4, 0.5) is 0 Å². The Morgan fingerprint density at radius 1 is 1.57 bits per heavy atom. The van der Waals surface area contributed by atoms with Crippen LogP contribution in [0.2, 0.25) is 0 Å². The first-order valence-electron chi connectivity index (χ1n) is 4.79. The molecule has 2 N–H and O–H groups in total.